The van der Waals surface area contributed by atoms with E-state index in [1.807, 2.05) is 6.92 Å². The van der Waals surface area contributed by atoms with Crippen LogP contribution >= 0.6 is 0 Å². The van der Waals surface area contributed by atoms with Gasteiger partial charge < -0.3 is 4.74 Å². The van der Waals surface area contributed by atoms with Crippen molar-refractivity contribution < 1.29 is 26.7 Å². The fourth-order valence-electron chi connectivity index (χ4n) is 1.69. The number of hydrogen-bond acceptors (Lipinski definition) is 4. The number of ether oxygens (including phenoxy) is 1. The van der Waals surface area contributed by atoms with E-state index in [0.29, 0.717) is 16.9 Å². The van der Waals surface area contributed by atoms with E-state index in [9.17, 15) is 22.0 Å². The summed E-state index contributed by atoms with van der Waals surface area (Å²) in [6, 6.07) is 5.60. The van der Waals surface area contributed by atoms with Gasteiger partial charge in [-0.2, -0.15) is 26.6 Å². The summed E-state index contributed by atoms with van der Waals surface area (Å²) in [5, 5.41) is 8.98. The summed E-state index contributed by atoms with van der Waals surface area (Å²) in [5.41, 5.74) is -0.0604. The van der Waals surface area contributed by atoms with Gasteiger partial charge in [-0.25, -0.2) is 0 Å². The molecule has 2 rings (SSSR count). The zero-order valence-corrected chi connectivity index (χ0v) is 12.2. The summed E-state index contributed by atoms with van der Waals surface area (Å²) in [5.74, 6) is -6.47. The van der Waals surface area contributed by atoms with Gasteiger partial charge in [0.15, 0.2) is 0 Å². The molecule has 0 radical (unpaired) electrons. The van der Waals surface area contributed by atoms with Gasteiger partial charge in [0.1, 0.15) is 5.75 Å². The maximum absolute atomic E-state index is 13.5. The van der Waals surface area contributed by atoms with Gasteiger partial charge in [0.25, 0.3) is 0 Å². The van der Waals surface area contributed by atoms with Crippen molar-refractivity contribution in [2.75, 3.05) is 0 Å². The molecule has 0 fully saturated rings. The second kappa shape index (κ2) is 6.09. The molecule has 23 heavy (non-hydrogen) atoms. The van der Waals surface area contributed by atoms with E-state index in [2.05, 4.69) is 15.5 Å². The molecule has 0 N–H and O–H groups in total. The van der Waals surface area contributed by atoms with Gasteiger partial charge in [0.2, 0.25) is 5.82 Å². The molecule has 1 aromatic heterocycles. The van der Waals surface area contributed by atoms with Gasteiger partial charge in [0.05, 0.1) is 11.8 Å². The molecule has 0 aliphatic rings. The van der Waals surface area contributed by atoms with Crippen molar-refractivity contribution >= 4 is 0 Å². The molecular weight excluding hydrogens is 323 g/mol. The standard InChI is InChI=1S/C13H13F5N4O/c1-3-8(2)23-10-6-4-5-9(7-10)22-11(19-20-21-22)12(14,15)13(16,17)18/h4-8H,3H2,1-2H3. The molecule has 126 valence electrons. The first-order valence-electron chi connectivity index (χ1n) is 6.67. The van der Waals surface area contributed by atoms with Gasteiger partial charge in [-0.3, -0.25) is 0 Å². The van der Waals surface area contributed by atoms with Crippen LogP contribution in [0, 0.1) is 0 Å². The summed E-state index contributed by atoms with van der Waals surface area (Å²) in [6.07, 6.45) is -5.24. The van der Waals surface area contributed by atoms with Crippen LogP contribution in [0.4, 0.5) is 22.0 Å². The first-order valence-corrected chi connectivity index (χ1v) is 6.67. The largest absolute Gasteiger partial charge is 0.491 e. The molecular formula is C13H13F5N4O. The van der Waals surface area contributed by atoms with Crippen molar-refractivity contribution in [3.8, 4) is 11.4 Å². The second-order valence-electron chi connectivity index (χ2n) is 4.82. The Balaban J connectivity index is 2.42. The Morgan fingerprint density at radius 1 is 1.22 bits per heavy atom. The molecule has 1 unspecified atom stereocenters. The highest BCUT2D eigenvalue weighted by molar-refractivity contribution is 5.39. The van der Waals surface area contributed by atoms with Gasteiger partial charge in [0, 0.05) is 6.07 Å². The molecule has 0 spiro atoms. The monoisotopic (exact) mass is 336 g/mol. The van der Waals surface area contributed by atoms with Gasteiger partial charge in [-0.15, -0.1) is 5.10 Å². The van der Waals surface area contributed by atoms with E-state index in [1.54, 1.807) is 13.0 Å². The fraction of sp³-hybridized carbons (Fsp3) is 0.462. The Morgan fingerprint density at radius 2 is 1.91 bits per heavy atom. The highest BCUT2D eigenvalue weighted by Gasteiger charge is 2.62. The molecule has 0 saturated heterocycles. The predicted octanol–water partition coefficient (Wildman–Crippen LogP) is 3.49. The van der Waals surface area contributed by atoms with Crippen LogP contribution < -0.4 is 4.74 Å². The Morgan fingerprint density at radius 3 is 2.52 bits per heavy atom. The van der Waals surface area contributed by atoms with Crippen molar-refractivity contribution in [1.29, 1.82) is 0 Å². The lowest BCUT2D eigenvalue weighted by atomic mass is 10.2. The van der Waals surface area contributed by atoms with E-state index in [0.717, 1.165) is 0 Å². The number of hydrogen-bond donors (Lipinski definition) is 0. The molecule has 5 nitrogen and oxygen atoms in total. The summed E-state index contributed by atoms with van der Waals surface area (Å²) < 4.78 is 70.3. The quantitative estimate of drug-likeness (QED) is 0.784. The molecule has 1 aromatic carbocycles. The van der Waals surface area contributed by atoms with E-state index in [1.165, 1.54) is 18.2 Å². The predicted molar refractivity (Wildman–Crippen MR) is 69.5 cm³/mol. The summed E-state index contributed by atoms with van der Waals surface area (Å²) in [4.78, 5) is 0. The van der Waals surface area contributed by atoms with Gasteiger partial charge in [-0.05, 0) is 35.9 Å². The van der Waals surface area contributed by atoms with Crippen molar-refractivity contribution in [2.45, 2.75) is 38.5 Å². The number of tetrazole rings is 1. The third-order valence-corrected chi connectivity index (χ3v) is 3.08. The highest BCUT2D eigenvalue weighted by Crippen LogP contribution is 2.43. The molecule has 1 heterocycles. The van der Waals surface area contributed by atoms with Crippen LogP contribution in [0.25, 0.3) is 5.69 Å². The maximum atomic E-state index is 13.5. The lowest BCUT2D eigenvalue weighted by Gasteiger charge is -2.18. The van der Waals surface area contributed by atoms with Crippen LogP contribution in [-0.4, -0.2) is 32.5 Å². The minimum Gasteiger partial charge on any atom is -0.491 e. The minimum atomic E-state index is -5.80. The number of halogens is 5. The topological polar surface area (TPSA) is 52.8 Å². The first kappa shape index (κ1) is 17.1. The Hall–Kier alpha value is -2.26. The van der Waals surface area contributed by atoms with Crippen LogP contribution in [0.1, 0.15) is 26.1 Å². The molecule has 0 bridgehead atoms. The molecule has 10 heteroatoms. The van der Waals surface area contributed by atoms with E-state index >= 15 is 0 Å². The second-order valence-corrected chi connectivity index (χ2v) is 4.82. The average molecular weight is 336 g/mol. The van der Waals surface area contributed by atoms with E-state index < -0.39 is 17.9 Å². The fourth-order valence-corrected chi connectivity index (χ4v) is 1.69. The third-order valence-electron chi connectivity index (χ3n) is 3.08. The van der Waals surface area contributed by atoms with Crippen molar-refractivity contribution in [1.82, 2.24) is 20.2 Å². The maximum Gasteiger partial charge on any atom is 0.461 e. The molecule has 2 aromatic rings. The lowest BCUT2D eigenvalue weighted by molar-refractivity contribution is -0.293. The zero-order chi connectivity index (χ0) is 17.3. The highest BCUT2D eigenvalue weighted by atomic mass is 19.4. The third kappa shape index (κ3) is 3.40. The summed E-state index contributed by atoms with van der Waals surface area (Å²) in [7, 11) is 0. The van der Waals surface area contributed by atoms with Crippen molar-refractivity contribution in [2.24, 2.45) is 0 Å². The number of benzene rings is 1. The molecule has 0 saturated carbocycles. The number of aromatic nitrogens is 4. The van der Waals surface area contributed by atoms with Gasteiger partial charge >= 0.3 is 12.1 Å². The lowest BCUT2D eigenvalue weighted by Crippen LogP contribution is -2.36. The van der Waals surface area contributed by atoms with Gasteiger partial charge in [-0.1, -0.05) is 13.0 Å². The molecule has 0 aliphatic heterocycles. The Kier molecular flexibility index (Phi) is 4.53. The van der Waals surface area contributed by atoms with Crippen LogP contribution in [0.2, 0.25) is 0 Å². The van der Waals surface area contributed by atoms with Crippen LogP contribution in [0.3, 0.4) is 0 Å². The van der Waals surface area contributed by atoms with Crippen LogP contribution in [-0.2, 0) is 5.92 Å². The summed E-state index contributed by atoms with van der Waals surface area (Å²) >= 11 is 0. The molecule has 1 atom stereocenters. The Bertz CT molecular complexity index is 670. The average Bonchev–Trinajstić information content (AvgIpc) is 2.96. The zero-order valence-electron chi connectivity index (χ0n) is 12.2. The number of alkyl halides is 5. The minimum absolute atomic E-state index is 0.0604. The number of nitrogens with zero attached hydrogens (tertiary/aromatic N) is 4. The number of rotatable bonds is 5. The molecule has 0 amide bonds. The van der Waals surface area contributed by atoms with Crippen molar-refractivity contribution in [3.63, 3.8) is 0 Å². The SMILES string of the molecule is CCC(C)Oc1cccc(-n2nnnc2C(F)(F)C(F)(F)F)c1. The normalized spacial score (nSPS) is 13.9. The summed E-state index contributed by atoms with van der Waals surface area (Å²) in [6.45, 7) is 3.69. The Labute approximate surface area is 128 Å². The smallest absolute Gasteiger partial charge is 0.461 e. The van der Waals surface area contributed by atoms with E-state index in [-0.39, 0.29) is 11.8 Å². The van der Waals surface area contributed by atoms with Crippen molar-refractivity contribution in [3.05, 3.63) is 30.1 Å². The first-order chi connectivity index (χ1) is 10.7. The van der Waals surface area contributed by atoms with Crippen LogP contribution in [0.15, 0.2) is 24.3 Å². The van der Waals surface area contributed by atoms with Crippen LogP contribution in [0.5, 0.6) is 5.75 Å². The van der Waals surface area contributed by atoms with E-state index in [4.69, 9.17) is 4.74 Å². The molecule has 0 aliphatic carbocycles.